The van der Waals surface area contributed by atoms with Crippen LogP contribution in [0.3, 0.4) is 0 Å². The second-order valence-electron chi connectivity index (χ2n) is 6.19. The van der Waals surface area contributed by atoms with Gasteiger partial charge in [0.15, 0.2) is 0 Å². The van der Waals surface area contributed by atoms with Gasteiger partial charge in [-0.15, -0.1) is 0 Å². The fraction of sp³-hybridized carbons (Fsp3) is 1.00. The maximum atomic E-state index is 6.05. The Kier molecular flexibility index (Phi) is 4.00. The summed E-state index contributed by atoms with van der Waals surface area (Å²) in [5, 5.41) is 0. The van der Waals surface area contributed by atoms with E-state index in [1.807, 2.05) is 0 Å². The molecule has 0 amide bonds. The van der Waals surface area contributed by atoms with E-state index < -0.39 is 0 Å². The first kappa shape index (κ1) is 12.0. The van der Waals surface area contributed by atoms with Crippen LogP contribution in [-0.2, 0) is 0 Å². The Hall–Kier alpha value is -0.0400. The van der Waals surface area contributed by atoms with Crippen molar-refractivity contribution in [3.8, 4) is 0 Å². The molecule has 1 aliphatic rings. The lowest BCUT2D eigenvalue weighted by atomic mass is 9.65. The van der Waals surface area contributed by atoms with Gasteiger partial charge in [0, 0.05) is 6.04 Å². The zero-order valence-corrected chi connectivity index (χ0v) is 10.3. The van der Waals surface area contributed by atoms with Crippen molar-refractivity contribution in [3.63, 3.8) is 0 Å². The summed E-state index contributed by atoms with van der Waals surface area (Å²) in [6.07, 6.45) is 6.53. The predicted octanol–water partition coefficient (Wildman–Crippen LogP) is 3.58. The predicted molar refractivity (Wildman–Crippen MR) is 63.2 cm³/mol. The van der Waals surface area contributed by atoms with Crippen molar-refractivity contribution in [1.29, 1.82) is 0 Å². The lowest BCUT2D eigenvalue weighted by Gasteiger charge is -2.41. The molecule has 84 valence electrons. The van der Waals surface area contributed by atoms with Gasteiger partial charge in [0.05, 0.1) is 0 Å². The first-order valence-corrected chi connectivity index (χ1v) is 6.17. The number of hydrogen-bond acceptors (Lipinski definition) is 1. The Morgan fingerprint density at radius 3 is 2.57 bits per heavy atom. The molecular weight excluding hydrogens is 170 g/mol. The van der Waals surface area contributed by atoms with Gasteiger partial charge >= 0.3 is 0 Å². The zero-order chi connectivity index (χ0) is 10.8. The van der Waals surface area contributed by atoms with Crippen LogP contribution in [0.15, 0.2) is 0 Å². The van der Waals surface area contributed by atoms with Crippen LogP contribution in [0.2, 0.25) is 0 Å². The molecule has 2 N–H and O–H groups in total. The van der Waals surface area contributed by atoms with E-state index in [1.165, 1.54) is 32.1 Å². The Bertz CT molecular complexity index is 172. The summed E-state index contributed by atoms with van der Waals surface area (Å²) in [6.45, 7) is 9.47. The molecule has 1 aliphatic carbocycles. The smallest absolute Gasteiger partial charge is 0.00418 e. The van der Waals surface area contributed by atoms with E-state index in [-0.39, 0.29) is 0 Å². The average Bonchev–Trinajstić information content (AvgIpc) is 2.07. The molecule has 0 aromatic carbocycles. The van der Waals surface area contributed by atoms with Crippen molar-refractivity contribution >= 4 is 0 Å². The minimum atomic E-state index is 0.472. The average molecular weight is 197 g/mol. The summed E-state index contributed by atoms with van der Waals surface area (Å²) in [7, 11) is 0. The van der Waals surface area contributed by atoms with Gasteiger partial charge in [0.2, 0.25) is 0 Å². The van der Waals surface area contributed by atoms with Gasteiger partial charge in [0.1, 0.15) is 0 Å². The highest BCUT2D eigenvalue weighted by molar-refractivity contribution is 4.87. The third-order valence-corrected chi connectivity index (χ3v) is 3.94. The van der Waals surface area contributed by atoms with Gasteiger partial charge < -0.3 is 5.73 Å². The molecule has 1 nitrogen and oxygen atoms in total. The summed E-state index contributed by atoms with van der Waals surface area (Å²) >= 11 is 0. The standard InChI is InChI=1S/C13H27N/c1-10(2)5-6-11-9-12(14)7-8-13(11,3)4/h10-12H,5-9,14H2,1-4H3. The number of hydrogen-bond donors (Lipinski definition) is 1. The third kappa shape index (κ3) is 3.27. The molecule has 1 saturated carbocycles. The van der Waals surface area contributed by atoms with Crippen molar-refractivity contribution in [2.45, 2.75) is 65.8 Å². The van der Waals surface area contributed by atoms with Gasteiger partial charge in [-0.05, 0) is 42.9 Å². The van der Waals surface area contributed by atoms with Crippen LogP contribution in [0.1, 0.15) is 59.8 Å². The van der Waals surface area contributed by atoms with Crippen LogP contribution in [0, 0.1) is 17.3 Å². The van der Waals surface area contributed by atoms with Crippen LogP contribution in [0.25, 0.3) is 0 Å². The molecule has 0 bridgehead atoms. The van der Waals surface area contributed by atoms with E-state index in [9.17, 15) is 0 Å². The van der Waals surface area contributed by atoms with Crippen molar-refractivity contribution in [2.24, 2.45) is 23.0 Å². The van der Waals surface area contributed by atoms with Crippen LogP contribution in [0.5, 0.6) is 0 Å². The molecule has 0 aromatic rings. The molecule has 0 spiro atoms. The topological polar surface area (TPSA) is 26.0 Å². The Balaban J connectivity index is 2.46. The minimum absolute atomic E-state index is 0.472. The lowest BCUT2D eigenvalue weighted by molar-refractivity contribution is 0.110. The monoisotopic (exact) mass is 197 g/mol. The lowest BCUT2D eigenvalue weighted by Crippen LogP contribution is -2.38. The van der Waals surface area contributed by atoms with Crippen LogP contribution in [-0.4, -0.2) is 6.04 Å². The van der Waals surface area contributed by atoms with Crippen molar-refractivity contribution in [1.82, 2.24) is 0 Å². The van der Waals surface area contributed by atoms with E-state index >= 15 is 0 Å². The molecule has 1 fully saturated rings. The first-order chi connectivity index (χ1) is 6.42. The fourth-order valence-corrected chi connectivity index (χ4v) is 2.61. The van der Waals surface area contributed by atoms with Gasteiger partial charge in [0.25, 0.3) is 0 Å². The second-order valence-corrected chi connectivity index (χ2v) is 6.19. The van der Waals surface area contributed by atoms with E-state index in [0.717, 1.165) is 11.8 Å². The molecule has 0 aromatic heterocycles. The minimum Gasteiger partial charge on any atom is -0.328 e. The van der Waals surface area contributed by atoms with E-state index in [2.05, 4.69) is 27.7 Å². The van der Waals surface area contributed by atoms with Crippen molar-refractivity contribution in [3.05, 3.63) is 0 Å². The van der Waals surface area contributed by atoms with Crippen LogP contribution >= 0.6 is 0 Å². The summed E-state index contributed by atoms with van der Waals surface area (Å²) in [5.74, 6) is 1.69. The quantitative estimate of drug-likeness (QED) is 0.735. The van der Waals surface area contributed by atoms with Gasteiger partial charge in [-0.25, -0.2) is 0 Å². The van der Waals surface area contributed by atoms with Gasteiger partial charge in [-0.2, -0.15) is 0 Å². The molecule has 0 saturated heterocycles. The van der Waals surface area contributed by atoms with Crippen LogP contribution in [0.4, 0.5) is 0 Å². The second kappa shape index (κ2) is 4.65. The number of rotatable bonds is 3. The molecule has 0 heterocycles. The van der Waals surface area contributed by atoms with E-state index in [1.54, 1.807) is 0 Å². The molecule has 2 unspecified atom stereocenters. The fourth-order valence-electron chi connectivity index (χ4n) is 2.61. The van der Waals surface area contributed by atoms with Crippen molar-refractivity contribution < 1.29 is 0 Å². The van der Waals surface area contributed by atoms with Crippen molar-refractivity contribution in [2.75, 3.05) is 0 Å². The summed E-state index contributed by atoms with van der Waals surface area (Å²) < 4.78 is 0. The maximum Gasteiger partial charge on any atom is 0.00418 e. The van der Waals surface area contributed by atoms with E-state index in [4.69, 9.17) is 5.73 Å². The first-order valence-electron chi connectivity index (χ1n) is 6.17. The van der Waals surface area contributed by atoms with Crippen LogP contribution < -0.4 is 5.73 Å². The SMILES string of the molecule is CC(C)CCC1CC(N)CCC1(C)C. The largest absolute Gasteiger partial charge is 0.328 e. The molecule has 0 radical (unpaired) electrons. The Morgan fingerprint density at radius 2 is 2.00 bits per heavy atom. The summed E-state index contributed by atoms with van der Waals surface area (Å²) in [5.41, 5.74) is 6.59. The van der Waals surface area contributed by atoms with E-state index in [0.29, 0.717) is 11.5 Å². The molecule has 1 heteroatoms. The third-order valence-electron chi connectivity index (χ3n) is 3.94. The highest BCUT2D eigenvalue weighted by atomic mass is 14.6. The Morgan fingerprint density at radius 1 is 1.36 bits per heavy atom. The van der Waals surface area contributed by atoms with Gasteiger partial charge in [-0.3, -0.25) is 0 Å². The van der Waals surface area contributed by atoms with Gasteiger partial charge in [-0.1, -0.05) is 34.1 Å². The molecule has 2 atom stereocenters. The molecule has 0 aliphatic heterocycles. The number of nitrogens with two attached hydrogens (primary N) is 1. The zero-order valence-electron chi connectivity index (χ0n) is 10.3. The highest BCUT2D eigenvalue weighted by Gasteiger charge is 2.34. The Labute approximate surface area is 89.5 Å². The summed E-state index contributed by atoms with van der Waals surface area (Å²) in [4.78, 5) is 0. The highest BCUT2D eigenvalue weighted by Crippen LogP contribution is 2.42. The molecular formula is C13H27N. The maximum absolute atomic E-state index is 6.05. The molecule has 1 rings (SSSR count). The normalized spacial score (nSPS) is 32.1. The molecule has 14 heavy (non-hydrogen) atoms. The summed E-state index contributed by atoms with van der Waals surface area (Å²) in [6, 6.07) is 0.472.